The van der Waals surface area contributed by atoms with Crippen molar-refractivity contribution in [2.24, 2.45) is 0 Å². The lowest BCUT2D eigenvalue weighted by molar-refractivity contribution is 0.306. The smallest absolute Gasteiger partial charge is 0.242 e. The molecule has 3 N–H and O–H groups in total. The second kappa shape index (κ2) is 5.85. The molecule has 0 aliphatic heterocycles. The van der Waals surface area contributed by atoms with Crippen LogP contribution in [0.1, 0.15) is 19.0 Å². The fourth-order valence-electron chi connectivity index (χ4n) is 1.34. The van der Waals surface area contributed by atoms with E-state index in [-0.39, 0.29) is 0 Å². The molecule has 0 amide bonds. The molecule has 0 bridgehead atoms. The number of rotatable bonds is 6. The Bertz CT molecular complexity index is 486. The first-order valence-electron chi connectivity index (χ1n) is 5.67. The van der Waals surface area contributed by atoms with Crippen LogP contribution in [0.15, 0.2) is 23.2 Å². The Hall–Kier alpha value is -2.31. The zero-order chi connectivity index (χ0) is 12.8. The number of nitrogens with zero attached hydrogens (tertiary/aromatic N) is 3. The van der Waals surface area contributed by atoms with Crippen molar-refractivity contribution in [3.63, 3.8) is 0 Å². The van der Waals surface area contributed by atoms with E-state index in [1.165, 1.54) is 12.6 Å². The number of nitrogens with two attached hydrogens (primary N) is 1. The summed E-state index contributed by atoms with van der Waals surface area (Å²) in [6, 6.07) is 1.76. The van der Waals surface area contributed by atoms with Gasteiger partial charge in [-0.1, -0.05) is 12.1 Å². The lowest BCUT2D eigenvalue weighted by Crippen LogP contribution is -2.08. The molecule has 2 rings (SSSR count). The van der Waals surface area contributed by atoms with Gasteiger partial charge in [-0.15, -0.1) is 0 Å². The van der Waals surface area contributed by atoms with Crippen LogP contribution in [-0.2, 0) is 6.54 Å². The number of hydrogen-bond donors (Lipinski definition) is 2. The van der Waals surface area contributed by atoms with Gasteiger partial charge >= 0.3 is 0 Å². The number of aromatic nitrogens is 3. The van der Waals surface area contributed by atoms with Crippen molar-refractivity contribution in [3.05, 3.63) is 24.4 Å². The van der Waals surface area contributed by atoms with E-state index in [1.54, 1.807) is 6.07 Å². The molecule has 18 heavy (non-hydrogen) atoms. The topological polar surface area (TPSA) is 99.1 Å². The van der Waals surface area contributed by atoms with Crippen LogP contribution in [0, 0.1) is 0 Å². The Labute approximate surface area is 104 Å². The summed E-state index contributed by atoms with van der Waals surface area (Å²) >= 11 is 0. The number of anilines is 2. The van der Waals surface area contributed by atoms with E-state index in [0.29, 0.717) is 30.5 Å². The van der Waals surface area contributed by atoms with Crippen molar-refractivity contribution in [2.75, 3.05) is 17.7 Å². The fourth-order valence-corrected chi connectivity index (χ4v) is 1.34. The molecule has 0 aliphatic carbocycles. The molecule has 2 aromatic heterocycles. The van der Waals surface area contributed by atoms with Crippen molar-refractivity contribution in [1.29, 1.82) is 0 Å². The van der Waals surface area contributed by atoms with Gasteiger partial charge < -0.3 is 20.3 Å². The van der Waals surface area contributed by atoms with Crippen LogP contribution in [-0.4, -0.2) is 21.7 Å². The molecule has 96 valence electrons. The molecule has 0 unspecified atom stereocenters. The van der Waals surface area contributed by atoms with Gasteiger partial charge in [-0.2, -0.15) is 4.98 Å². The summed E-state index contributed by atoms with van der Waals surface area (Å²) in [7, 11) is 0. The molecule has 0 radical (unpaired) electrons. The quantitative estimate of drug-likeness (QED) is 0.799. The summed E-state index contributed by atoms with van der Waals surface area (Å²) in [5, 5.41) is 6.83. The van der Waals surface area contributed by atoms with E-state index in [1.807, 2.05) is 6.92 Å². The summed E-state index contributed by atoms with van der Waals surface area (Å²) in [6.45, 7) is 3.07. The highest BCUT2D eigenvalue weighted by Gasteiger charge is 2.09. The predicted molar refractivity (Wildman–Crippen MR) is 66.1 cm³/mol. The maximum absolute atomic E-state index is 5.91. The van der Waals surface area contributed by atoms with Crippen LogP contribution < -0.4 is 15.8 Å². The third kappa shape index (κ3) is 2.88. The minimum absolute atomic E-state index is 0.398. The molecular weight excluding hydrogens is 234 g/mol. The number of ether oxygens (including phenoxy) is 1. The normalized spacial score (nSPS) is 10.3. The first-order valence-corrected chi connectivity index (χ1v) is 5.67. The fraction of sp³-hybridized carbons (Fsp3) is 0.364. The van der Waals surface area contributed by atoms with E-state index in [4.69, 9.17) is 15.0 Å². The van der Waals surface area contributed by atoms with E-state index in [9.17, 15) is 0 Å². The highest BCUT2D eigenvalue weighted by atomic mass is 16.5. The van der Waals surface area contributed by atoms with Gasteiger partial charge in [0.15, 0.2) is 5.82 Å². The summed E-state index contributed by atoms with van der Waals surface area (Å²) in [6.07, 6.45) is 3.81. The van der Waals surface area contributed by atoms with Gasteiger partial charge in [-0.05, 0) is 6.42 Å². The molecule has 0 atom stereocenters. The number of nitrogen functional groups attached to an aromatic ring is 1. The van der Waals surface area contributed by atoms with Crippen molar-refractivity contribution in [3.8, 4) is 5.88 Å². The van der Waals surface area contributed by atoms with Gasteiger partial charge in [-0.3, -0.25) is 0 Å². The molecule has 0 fully saturated rings. The summed E-state index contributed by atoms with van der Waals surface area (Å²) in [5.41, 5.74) is 7.07. The van der Waals surface area contributed by atoms with Crippen LogP contribution in [0.5, 0.6) is 5.88 Å². The first-order chi connectivity index (χ1) is 8.81. The highest BCUT2D eigenvalue weighted by molar-refractivity contribution is 5.66. The second-order valence-electron chi connectivity index (χ2n) is 3.63. The number of nitrogens with one attached hydrogen (secondary N) is 1. The molecule has 0 saturated heterocycles. The van der Waals surface area contributed by atoms with Crippen molar-refractivity contribution >= 4 is 11.5 Å². The van der Waals surface area contributed by atoms with Gasteiger partial charge in [0.25, 0.3) is 0 Å². The van der Waals surface area contributed by atoms with Gasteiger partial charge in [0.2, 0.25) is 5.88 Å². The minimum Gasteiger partial charge on any atom is -0.476 e. The van der Waals surface area contributed by atoms with E-state index in [2.05, 4.69) is 20.4 Å². The highest BCUT2D eigenvalue weighted by Crippen LogP contribution is 2.24. The maximum atomic E-state index is 5.91. The SMILES string of the molecule is CCCOc1ncnc(NCc2ccon2)c1N. The molecule has 7 heteroatoms. The molecule has 2 aromatic rings. The van der Waals surface area contributed by atoms with Gasteiger partial charge in [0.05, 0.1) is 13.2 Å². The number of hydrogen-bond acceptors (Lipinski definition) is 7. The Morgan fingerprint density at radius 3 is 3.06 bits per heavy atom. The van der Waals surface area contributed by atoms with Gasteiger partial charge in [0.1, 0.15) is 24.0 Å². The van der Waals surface area contributed by atoms with Crippen LogP contribution in [0.3, 0.4) is 0 Å². The second-order valence-corrected chi connectivity index (χ2v) is 3.63. The van der Waals surface area contributed by atoms with Gasteiger partial charge in [0, 0.05) is 6.07 Å². The third-order valence-electron chi connectivity index (χ3n) is 2.22. The zero-order valence-corrected chi connectivity index (χ0v) is 10.1. The molecule has 0 spiro atoms. The zero-order valence-electron chi connectivity index (χ0n) is 10.1. The van der Waals surface area contributed by atoms with E-state index < -0.39 is 0 Å². The molecule has 2 heterocycles. The summed E-state index contributed by atoms with van der Waals surface area (Å²) in [5.74, 6) is 0.925. The molecular formula is C11H15N5O2. The van der Waals surface area contributed by atoms with Crippen molar-refractivity contribution in [2.45, 2.75) is 19.9 Å². The Morgan fingerprint density at radius 2 is 2.33 bits per heavy atom. The van der Waals surface area contributed by atoms with Crippen molar-refractivity contribution in [1.82, 2.24) is 15.1 Å². The molecule has 0 saturated carbocycles. The predicted octanol–water partition coefficient (Wildman–Crippen LogP) is 1.45. The average Bonchev–Trinajstić information content (AvgIpc) is 2.89. The standard InChI is InChI=1S/C11H15N5O2/c1-2-4-17-11-9(12)10(14-7-15-11)13-6-8-3-5-18-16-8/h3,5,7H,2,4,6,12H2,1H3,(H,13,14,15). The monoisotopic (exact) mass is 249 g/mol. The lowest BCUT2D eigenvalue weighted by atomic mass is 10.4. The Balaban J connectivity index is 2.03. The average molecular weight is 249 g/mol. The molecule has 0 aliphatic rings. The maximum Gasteiger partial charge on any atom is 0.242 e. The first kappa shape index (κ1) is 12.2. The molecule has 0 aromatic carbocycles. The molecule has 7 nitrogen and oxygen atoms in total. The Kier molecular flexibility index (Phi) is 3.95. The van der Waals surface area contributed by atoms with Gasteiger partial charge in [-0.25, -0.2) is 4.98 Å². The van der Waals surface area contributed by atoms with E-state index >= 15 is 0 Å². The van der Waals surface area contributed by atoms with Crippen LogP contribution in [0.2, 0.25) is 0 Å². The van der Waals surface area contributed by atoms with Crippen molar-refractivity contribution < 1.29 is 9.26 Å². The minimum atomic E-state index is 0.398. The van der Waals surface area contributed by atoms with Crippen LogP contribution >= 0.6 is 0 Å². The third-order valence-corrected chi connectivity index (χ3v) is 2.22. The summed E-state index contributed by atoms with van der Waals surface area (Å²) < 4.78 is 10.1. The van der Waals surface area contributed by atoms with Crippen LogP contribution in [0.4, 0.5) is 11.5 Å². The lowest BCUT2D eigenvalue weighted by Gasteiger charge is -2.10. The summed E-state index contributed by atoms with van der Waals surface area (Å²) in [4.78, 5) is 8.05. The van der Waals surface area contributed by atoms with E-state index in [0.717, 1.165) is 12.1 Å². The van der Waals surface area contributed by atoms with Crippen LogP contribution in [0.25, 0.3) is 0 Å². The largest absolute Gasteiger partial charge is 0.476 e. The Morgan fingerprint density at radius 1 is 1.44 bits per heavy atom.